The molecule has 1 aliphatic carbocycles. The summed E-state index contributed by atoms with van der Waals surface area (Å²) in [6.07, 6.45) is 4.46. The van der Waals surface area contributed by atoms with E-state index in [1.807, 2.05) is 20.8 Å². The fraction of sp³-hybridized carbons (Fsp3) is 0.833. The van der Waals surface area contributed by atoms with Gasteiger partial charge in [-0.2, -0.15) is 5.26 Å². The molecule has 2 fully saturated rings. The second-order valence-electron chi connectivity index (χ2n) is 6.12. The molecule has 0 aromatic carbocycles. The molecule has 0 aromatic heterocycles. The topological polar surface area (TPSA) is 56.1 Å². The van der Waals surface area contributed by atoms with Crippen LogP contribution in [-0.2, 0) is 4.79 Å². The molecule has 2 rings (SSSR count). The van der Waals surface area contributed by atoms with Crippen LogP contribution >= 0.6 is 0 Å². The van der Waals surface area contributed by atoms with Crippen LogP contribution in [-0.4, -0.2) is 29.9 Å². The van der Waals surface area contributed by atoms with E-state index >= 15 is 0 Å². The average Bonchev–Trinajstić information content (AvgIpc) is 2.85. The first-order chi connectivity index (χ1) is 7.37. The second kappa shape index (κ2) is 3.38. The maximum atomic E-state index is 11.9. The zero-order chi connectivity index (χ0) is 12.0. The number of rotatable bonds is 1. The van der Waals surface area contributed by atoms with Gasteiger partial charge in [-0.3, -0.25) is 4.79 Å². The lowest BCUT2D eigenvalue weighted by atomic mass is 9.93. The molecule has 0 bridgehead atoms. The van der Waals surface area contributed by atoms with Gasteiger partial charge in [0, 0.05) is 23.9 Å². The zero-order valence-electron chi connectivity index (χ0n) is 10.2. The maximum Gasteiger partial charge on any atom is 0.225 e. The molecule has 1 heterocycles. The molecule has 1 saturated heterocycles. The van der Waals surface area contributed by atoms with Crippen LogP contribution in [0.5, 0.6) is 0 Å². The van der Waals surface area contributed by atoms with Crippen molar-refractivity contribution in [3.8, 4) is 6.19 Å². The number of carbonyl (C=O) groups excluding carboxylic acids is 1. The van der Waals surface area contributed by atoms with Crippen molar-refractivity contribution in [3.63, 3.8) is 0 Å². The van der Waals surface area contributed by atoms with Crippen LogP contribution in [0.1, 0.15) is 33.6 Å². The van der Waals surface area contributed by atoms with E-state index in [2.05, 4.69) is 11.5 Å². The summed E-state index contributed by atoms with van der Waals surface area (Å²) >= 11 is 0. The third-order valence-corrected chi connectivity index (χ3v) is 3.67. The Labute approximate surface area is 96.6 Å². The van der Waals surface area contributed by atoms with Gasteiger partial charge in [0.25, 0.3) is 0 Å². The van der Waals surface area contributed by atoms with Crippen molar-refractivity contribution in [1.29, 1.82) is 5.26 Å². The lowest BCUT2D eigenvalue weighted by Gasteiger charge is -2.24. The summed E-state index contributed by atoms with van der Waals surface area (Å²) in [6.45, 7) is 7.24. The van der Waals surface area contributed by atoms with Gasteiger partial charge in [0.15, 0.2) is 6.19 Å². The quantitative estimate of drug-likeness (QED) is 0.674. The SMILES string of the molecule is CC(C)(C)C(=O)NC1CN(C#N)CC12CC2. The van der Waals surface area contributed by atoms with E-state index < -0.39 is 0 Å². The molecule has 88 valence electrons. The number of hydrogen-bond acceptors (Lipinski definition) is 3. The van der Waals surface area contributed by atoms with E-state index in [-0.39, 0.29) is 22.8 Å². The first-order valence-electron chi connectivity index (χ1n) is 5.83. The van der Waals surface area contributed by atoms with Gasteiger partial charge in [-0.15, -0.1) is 0 Å². The molecule has 1 unspecified atom stereocenters. The van der Waals surface area contributed by atoms with Gasteiger partial charge in [-0.25, -0.2) is 0 Å². The molecular weight excluding hydrogens is 202 g/mol. The van der Waals surface area contributed by atoms with Gasteiger partial charge in [0.1, 0.15) is 0 Å². The van der Waals surface area contributed by atoms with Crippen molar-refractivity contribution in [2.75, 3.05) is 13.1 Å². The smallest absolute Gasteiger partial charge is 0.225 e. The summed E-state index contributed by atoms with van der Waals surface area (Å²) in [5, 5.41) is 12.0. The van der Waals surface area contributed by atoms with Crippen molar-refractivity contribution in [3.05, 3.63) is 0 Å². The standard InChI is InChI=1S/C12H19N3O/c1-11(2,3)10(16)14-9-6-15(8-13)7-12(9)4-5-12/h9H,4-7H2,1-3H3,(H,14,16). The van der Waals surface area contributed by atoms with Crippen LogP contribution < -0.4 is 5.32 Å². The first kappa shape index (κ1) is 11.3. The lowest BCUT2D eigenvalue weighted by molar-refractivity contribution is -0.129. The number of nitriles is 1. The molecule has 1 aliphatic heterocycles. The lowest BCUT2D eigenvalue weighted by Crippen LogP contribution is -2.46. The summed E-state index contributed by atoms with van der Waals surface area (Å²) in [5.74, 6) is 0.0866. The van der Waals surface area contributed by atoms with Crippen LogP contribution in [0.25, 0.3) is 0 Å². The largest absolute Gasteiger partial charge is 0.350 e. The van der Waals surface area contributed by atoms with Crippen molar-refractivity contribution in [2.24, 2.45) is 10.8 Å². The van der Waals surface area contributed by atoms with Crippen molar-refractivity contribution >= 4 is 5.91 Å². The molecule has 0 aromatic rings. The Hall–Kier alpha value is -1.24. The molecule has 1 saturated carbocycles. The summed E-state index contributed by atoms with van der Waals surface area (Å²) in [5.41, 5.74) is -0.146. The van der Waals surface area contributed by atoms with E-state index in [0.717, 1.165) is 19.4 Å². The van der Waals surface area contributed by atoms with Crippen molar-refractivity contribution < 1.29 is 4.79 Å². The predicted octanol–water partition coefficient (Wildman–Crippen LogP) is 1.09. The van der Waals surface area contributed by atoms with Crippen LogP contribution in [0, 0.1) is 22.3 Å². The molecule has 1 atom stereocenters. The number of likely N-dealkylation sites (tertiary alicyclic amines) is 1. The zero-order valence-corrected chi connectivity index (χ0v) is 10.2. The second-order valence-corrected chi connectivity index (χ2v) is 6.12. The van der Waals surface area contributed by atoms with E-state index in [1.54, 1.807) is 4.90 Å². The van der Waals surface area contributed by atoms with Gasteiger partial charge in [0.2, 0.25) is 5.91 Å². The molecule has 4 nitrogen and oxygen atoms in total. The van der Waals surface area contributed by atoms with E-state index in [4.69, 9.17) is 5.26 Å². The van der Waals surface area contributed by atoms with Crippen LogP contribution in [0.2, 0.25) is 0 Å². The summed E-state index contributed by atoms with van der Waals surface area (Å²) in [6, 6.07) is 0.166. The normalized spacial score (nSPS) is 26.6. The highest BCUT2D eigenvalue weighted by Crippen LogP contribution is 2.52. The Morgan fingerprint density at radius 3 is 2.56 bits per heavy atom. The number of amides is 1. The van der Waals surface area contributed by atoms with Gasteiger partial charge in [0.05, 0.1) is 6.04 Å². The van der Waals surface area contributed by atoms with E-state index in [9.17, 15) is 4.79 Å². The van der Waals surface area contributed by atoms with Crippen LogP contribution in [0.4, 0.5) is 0 Å². The number of carbonyl (C=O) groups is 1. The Morgan fingerprint density at radius 1 is 1.50 bits per heavy atom. The summed E-state index contributed by atoms with van der Waals surface area (Å²) in [4.78, 5) is 13.7. The fourth-order valence-corrected chi connectivity index (χ4v) is 2.29. The summed E-state index contributed by atoms with van der Waals surface area (Å²) < 4.78 is 0. The molecule has 0 radical (unpaired) electrons. The first-order valence-corrected chi connectivity index (χ1v) is 5.83. The fourth-order valence-electron chi connectivity index (χ4n) is 2.29. The third kappa shape index (κ3) is 1.87. The molecule has 16 heavy (non-hydrogen) atoms. The third-order valence-electron chi connectivity index (χ3n) is 3.67. The van der Waals surface area contributed by atoms with Gasteiger partial charge in [-0.1, -0.05) is 20.8 Å². The number of hydrogen-bond donors (Lipinski definition) is 1. The maximum absolute atomic E-state index is 11.9. The van der Waals surface area contributed by atoms with Gasteiger partial charge < -0.3 is 10.2 Å². The predicted molar refractivity (Wildman–Crippen MR) is 60.2 cm³/mol. The van der Waals surface area contributed by atoms with Crippen LogP contribution in [0.15, 0.2) is 0 Å². The van der Waals surface area contributed by atoms with Crippen molar-refractivity contribution in [1.82, 2.24) is 10.2 Å². The number of nitrogens with one attached hydrogen (secondary N) is 1. The van der Waals surface area contributed by atoms with Crippen LogP contribution in [0.3, 0.4) is 0 Å². The molecular formula is C12H19N3O. The Kier molecular flexibility index (Phi) is 2.37. The van der Waals surface area contributed by atoms with Crippen molar-refractivity contribution in [2.45, 2.75) is 39.7 Å². The van der Waals surface area contributed by atoms with E-state index in [0.29, 0.717) is 6.54 Å². The van der Waals surface area contributed by atoms with Gasteiger partial charge >= 0.3 is 0 Å². The molecule has 1 N–H and O–H groups in total. The molecule has 2 aliphatic rings. The molecule has 1 amide bonds. The minimum atomic E-state index is -0.351. The highest BCUT2D eigenvalue weighted by molar-refractivity contribution is 5.81. The Balaban J connectivity index is 2.01. The summed E-state index contributed by atoms with van der Waals surface area (Å²) in [7, 11) is 0. The Bertz CT molecular complexity index is 346. The van der Waals surface area contributed by atoms with Gasteiger partial charge in [-0.05, 0) is 12.8 Å². The highest BCUT2D eigenvalue weighted by atomic mass is 16.2. The minimum absolute atomic E-state index is 0.0866. The van der Waals surface area contributed by atoms with E-state index in [1.165, 1.54) is 0 Å². The molecule has 1 spiro atoms. The Morgan fingerprint density at radius 2 is 2.12 bits per heavy atom. The highest BCUT2D eigenvalue weighted by Gasteiger charge is 2.55. The minimum Gasteiger partial charge on any atom is -0.350 e. The number of nitrogens with zero attached hydrogens (tertiary/aromatic N) is 2. The monoisotopic (exact) mass is 221 g/mol. The molecule has 4 heteroatoms. The average molecular weight is 221 g/mol.